The van der Waals surface area contributed by atoms with Gasteiger partial charge in [-0.2, -0.15) is 4.31 Å². The average Bonchev–Trinajstić information content (AvgIpc) is 4.19. The van der Waals surface area contributed by atoms with E-state index >= 15 is 0 Å². The van der Waals surface area contributed by atoms with Gasteiger partial charge in [0, 0.05) is 19.3 Å². The number of benzene rings is 3. The summed E-state index contributed by atoms with van der Waals surface area (Å²) in [5.74, 6) is -0.319. The van der Waals surface area contributed by atoms with Crippen LogP contribution < -0.4 is 10.6 Å². The molecule has 3 aromatic carbocycles. The number of hydrogen-bond donors (Lipinski definition) is 4. The highest BCUT2D eigenvalue weighted by Gasteiger charge is 2.46. The lowest BCUT2D eigenvalue weighted by atomic mass is 9.88. The predicted molar refractivity (Wildman–Crippen MR) is 287 cm³/mol. The van der Waals surface area contributed by atoms with Crippen molar-refractivity contribution in [1.82, 2.24) is 44.7 Å². The first-order valence-electron chi connectivity index (χ1n) is 25.4. The minimum absolute atomic E-state index is 0.00931. The van der Waals surface area contributed by atoms with Gasteiger partial charge >= 0.3 is 12.2 Å². The lowest BCUT2D eigenvalue weighted by Gasteiger charge is -2.29. The zero-order valence-electron chi connectivity index (χ0n) is 44.3. The molecule has 2 aliphatic heterocycles. The number of sulfonamides is 1. The Kier molecular flexibility index (Phi) is 16.0. The van der Waals surface area contributed by atoms with Crippen LogP contribution in [0, 0.1) is 17.8 Å². The molecule has 6 atom stereocenters. The van der Waals surface area contributed by atoms with E-state index in [0.29, 0.717) is 22.7 Å². The molecule has 0 saturated carbocycles. The predicted octanol–water partition coefficient (Wildman–Crippen LogP) is 7.20. The molecule has 4 heterocycles. The highest BCUT2D eigenvalue weighted by Crippen LogP contribution is 2.38. The van der Waals surface area contributed by atoms with Gasteiger partial charge in [-0.1, -0.05) is 77.1 Å². The van der Waals surface area contributed by atoms with Gasteiger partial charge in [0.2, 0.25) is 21.8 Å². The molecular weight excluding hydrogens is 999 g/mol. The van der Waals surface area contributed by atoms with Gasteiger partial charge in [-0.05, 0) is 120 Å². The molecule has 75 heavy (non-hydrogen) atoms. The number of aromatic nitrogens is 4. The molecule has 0 spiro atoms. The summed E-state index contributed by atoms with van der Waals surface area (Å²) in [6, 6.07) is 15.4. The molecule has 2 aromatic heterocycles. The number of rotatable bonds is 12. The Hall–Kier alpha value is -6.58. The molecule has 5 aromatic rings. The Morgan fingerprint density at radius 1 is 0.733 bits per heavy atom. The topological polar surface area (TPSA) is 246 Å². The number of allylic oxidation sites excluding steroid dienone is 4. The number of carbonyl (C=O) groups is 4. The van der Waals surface area contributed by atoms with Crippen molar-refractivity contribution in [3.8, 4) is 11.1 Å². The quantitative estimate of drug-likeness (QED) is 0.0969. The number of hydrogen-bond acceptors (Lipinski definition) is 12. The molecule has 2 fully saturated rings. The summed E-state index contributed by atoms with van der Waals surface area (Å²) >= 11 is 0. The van der Waals surface area contributed by atoms with Gasteiger partial charge in [0.15, 0.2) is 9.84 Å². The molecule has 4 N–H and O–H groups in total. The van der Waals surface area contributed by atoms with E-state index < -0.39 is 73.3 Å². The number of ether oxygens (including phenoxy) is 2. The second kappa shape index (κ2) is 21.9. The van der Waals surface area contributed by atoms with E-state index in [0.717, 1.165) is 70.8 Å². The van der Waals surface area contributed by atoms with Gasteiger partial charge in [-0.3, -0.25) is 9.59 Å². The SMILES string of the molecule is COC(=O)N[C@H](C(=O)N1CC(S(C)(=O)=O)C[C@H]1c1nc2ccc(/C(C)=C3/C=C\[C@H](C)CCc4ccc(cc4-c4ccc5nc([C@@H]6CN(S(C)(=O)=O)CN6C(=O)[C@@H](NC(=O)OC)C(C)C)[nH]c5c4)CC3)cc2[nH]1)C(C)C. The van der Waals surface area contributed by atoms with Crippen molar-refractivity contribution in [2.45, 2.75) is 103 Å². The highest BCUT2D eigenvalue weighted by atomic mass is 32.2. The van der Waals surface area contributed by atoms with E-state index in [9.17, 15) is 36.0 Å². The van der Waals surface area contributed by atoms with Crippen molar-refractivity contribution in [3.05, 3.63) is 101 Å². The van der Waals surface area contributed by atoms with E-state index in [2.05, 4.69) is 70.9 Å². The van der Waals surface area contributed by atoms with Crippen LogP contribution in [0.2, 0.25) is 0 Å². The van der Waals surface area contributed by atoms with E-state index in [-0.39, 0.29) is 43.9 Å². The fourth-order valence-corrected chi connectivity index (χ4v) is 12.1. The third-order valence-electron chi connectivity index (χ3n) is 15.0. The molecule has 1 unspecified atom stereocenters. The summed E-state index contributed by atoms with van der Waals surface area (Å²) in [5.41, 5.74) is 10.5. The number of likely N-dealkylation sites (tertiary alicyclic amines) is 1. The van der Waals surface area contributed by atoms with Gasteiger partial charge in [0.25, 0.3) is 0 Å². The van der Waals surface area contributed by atoms with E-state index in [4.69, 9.17) is 19.4 Å². The molecule has 2 bridgehead atoms. The van der Waals surface area contributed by atoms with E-state index in [1.54, 1.807) is 27.7 Å². The number of imidazole rings is 2. The molecule has 4 aliphatic rings. The number of sulfone groups is 1. The molecule has 2 aliphatic carbocycles. The maximum Gasteiger partial charge on any atom is 0.407 e. The number of carbonyl (C=O) groups excluding carboxylic acids is 4. The summed E-state index contributed by atoms with van der Waals surface area (Å²) in [6.45, 7) is 11.3. The summed E-state index contributed by atoms with van der Waals surface area (Å²) in [5, 5.41) is 4.44. The third kappa shape index (κ3) is 11.9. The van der Waals surface area contributed by atoms with Crippen LogP contribution in [-0.4, -0.2) is 139 Å². The monoisotopic (exact) mass is 1070 g/mol. The number of alkyl carbamates (subject to hydrolysis) is 2. The van der Waals surface area contributed by atoms with Gasteiger partial charge in [-0.25, -0.2) is 36.4 Å². The minimum Gasteiger partial charge on any atom is -0.453 e. The van der Waals surface area contributed by atoms with Crippen LogP contribution in [0.4, 0.5) is 9.59 Å². The molecule has 9 rings (SSSR count). The van der Waals surface area contributed by atoms with Crippen LogP contribution >= 0.6 is 0 Å². The standard InChI is InChI=1S/C54H69N9O10S2/c1-30(2)47(59-53(66)72-7)51(64)62-27-39(74(9,68)69)26-45(62)49-55-41-21-19-37(24-43(41)57-49)33(6)35-15-11-32(5)12-16-36-18-14-34(13-17-35)23-40(36)38-20-22-42-44(25-38)58-50(56-42)46-28-61(75(10,70)71)29-63(46)52(65)48(31(3)4)60-54(67)73-8/h11,14-15,18-25,30-32,39,45-48H,12-13,16-17,26-29H2,1-10H3,(H,55,57)(H,56,58)(H,59,66)(H,60,67)/b15-11-,35-33-/t32-,39?,45-,46-,47-,48-/m0/s1. The zero-order valence-corrected chi connectivity index (χ0v) is 45.9. The highest BCUT2D eigenvalue weighted by molar-refractivity contribution is 7.91. The van der Waals surface area contributed by atoms with Crippen molar-refractivity contribution in [2.75, 3.05) is 46.5 Å². The van der Waals surface area contributed by atoms with Crippen LogP contribution in [0.25, 0.3) is 38.8 Å². The van der Waals surface area contributed by atoms with Gasteiger partial charge in [0.1, 0.15) is 29.8 Å². The van der Waals surface area contributed by atoms with Crippen LogP contribution in [0.1, 0.15) is 101 Å². The first kappa shape index (κ1) is 54.7. The number of H-pyrrole nitrogens is 2. The number of methoxy groups -OCH3 is 2. The lowest BCUT2D eigenvalue weighted by molar-refractivity contribution is -0.136. The van der Waals surface area contributed by atoms with Gasteiger partial charge in [-0.15, -0.1) is 0 Å². The smallest absolute Gasteiger partial charge is 0.407 e. The molecule has 2 saturated heterocycles. The summed E-state index contributed by atoms with van der Waals surface area (Å²) in [6.07, 6.45) is 8.68. The summed E-state index contributed by atoms with van der Waals surface area (Å²) in [7, 11) is -4.77. The van der Waals surface area contributed by atoms with E-state index in [1.165, 1.54) is 45.7 Å². The zero-order chi connectivity index (χ0) is 54.3. The Morgan fingerprint density at radius 3 is 1.93 bits per heavy atom. The number of aromatic amines is 2. The third-order valence-corrected chi connectivity index (χ3v) is 17.7. The fourth-order valence-electron chi connectivity index (χ4n) is 10.3. The maximum absolute atomic E-state index is 14.1. The number of aryl methyl sites for hydroxylation is 2. The molecule has 402 valence electrons. The summed E-state index contributed by atoms with van der Waals surface area (Å²) < 4.78 is 62.3. The maximum atomic E-state index is 14.1. The second-order valence-corrected chi connectivity index (χ2v) is 25.3. The Labute approximate surface area is 438 Å². The first-order valence-corrected chi connectivity index (χ1v) is 29.2. The normalized spacial score (nSPS) is 21.8. The van der Waals surface area contributed by atoms with Crippen LogP contribution in [0.5, 0.6) is 0 Å². The first-order chi connectivity index (χ1) is 35.4. The number of nitrogens with one attached hydrogen (secondary N) is 4. The molecule has 0 radical (unpaired) electrons. The minimum atomic E-state index is -3.69. The van der Waals surface area contributed by atoms with Crippen molar-refractivity contribution >= 4 is 71.5 Å². The largest absolute Gasteiger partial charge is 0.453 e. The Bertz CT molecular complexity index is 3310. The molecule has 19 nitrogen and oxygen atoms in total. The second-order valence-electron chi connectivity index (χ2n) is 21.0. The van der Waals surface area contributed by atoms with Crippen molar-refractivity contribution < 1.29 is 45.5 Å². The van der Waals surface area contributed by atoms with E-state index in [1.807, 2.05) is 30.3 Å². The number of amides is 4. The average molecular weight is 1070 g/mol. The fraction of sp³-hybridized carbons (Fsp3) is 0.481. The summed E-state index contributed by atoms with van der Waals surface area (Å²) in [4.78, 5) is 72.3. The lowest BCUT2D eigenvalue weighted by Crippen LogP contribution is -2.51. The van der Waals surface area contributed by atoms with Gasteiger partial charge in [0.05, 0.1) is 60.5 Å². The number of fused-ring (bicyclic) bond motifs is 10. The Balaban J connectivity index is 1.06. The molecule has 4 amide bonds. The van der Waals surface area contributed by atoms with Crippen LogP contribution in [0.3, 0.4) is 0 Å². The van der Waals surface area contributed by atoms with Crippen molar-refractivity contribution in [2.24, 2.45) is 17.8 Å². The molecule has 21 heteroatoms. The molecular formula is C54H69N9O10S2. The van der Waals surface area contributed by atoms with Crippen LogP contribution in [0.15, 0.2) is 72.3 Å². The van der Waals surface area contributed by atoms with Crippen molar-refractivity contribution in [1.29, 1.82) is 0 Å². The van der Waals surface area contributed by atoms with Crippen LogP contribution in [-0.2, 0) is 51.8 Å². The Morgan fingerprint density at radius 2 is 1.33 bits per heavy atom. The number of nitrogens with zero attached hydrogens (tertiary/aromatic N) is 5. The van der Waals surface area contributed by atoms with Crippen molar-refractivity contribution in [3.63, 3.8) is 0 Å². The van der Waals surface area contributed by atoms with Gasteiger partial charge < -0.3 is 39.9 Å².